The van der Waals surface area contributed by atoms with Crippen molar-refractivity contribution >= 4 is 16.9 Å². The topological polar surface area (TPSA) is 44.6 Å². The summed E-state index contributed by atoms with van der Waals surface area (Å²) in [6, 6.07) is 10.7. The Kier molecular flexibility index (Phi) is 7.37. The zero-order valence-corrected chi connectivity index (χ0v) is 16.1. The second-order valence-electron chi connectivity index (χ2n) is 7.10. The van der Waals surface area contributed by atoms with E-state index >= 15 is 0 Å². The van der Waals surface area contributed by atoms with Crippen LogP contribution in [0.4, 0.5) is 0 Å². The highest BCUT2D eigenvalue weighted by molar-refractivity contribution is 5.80. The Morgan fingerprint density at radius 3 is 2.54 bits per heavy atom. The van der Waals surface area contributed by atoms with Crippen LogP contribution >= 0.6 is 0 Å². The van der Waals surface area contributed by atoms with Crippen LogP contribution in [-0.4, -0.2) is 55.2 Å². The standard InChI is InChI=1S/C21H33N5/c1-22-21(23-12-4-5-14-25-15-6-7-16-25)24-13-8-17-26-18-11-19-9-2-3-10-20(19)26/h2-3,9-11,18H,4-8,12-17H2,1H3,(H2,22,23,24). The molecule has 0 atom stereocenters. The molecule has 1 saturated heterocycles. The number of rotatable bonds is 9. The lowest BCUT2D eigenvalue weighted by atomic mass is 10.2. The molecule has 0 aliphatic carbocycles. The minimum atomic E-state index is 0.920. The van der Waals surface area contributed by atoms with Gasteiger partial charge in [-0.1, -0.05) is 18.2 Å². The van der Waals surface area contributed by atoms with E-state index in [2.05, 4.69) is 61.6 Å². The van der Waals surface area contributed by atoms with Crippen LogP contribution in [0.2, 0.25) is 0 Å². The first-order valence-electron chi connectivity index (χ1n) is 10.1. The highest BCUT2D eigenvalue weighted by Gasteiger charge is 2.10. The van der Waals surface area contributed by atoms with Gasteiger partial charge < -0.3 is 20.1 Å². The SMILES string of the molecule is CN=C(NCCCCN1CCCC1)NCCCn1ccc2ccccc21. The summed E-state index contributed by atoms with van der Waals surface area (Å²) in [5.41, 5.74) is 1.31. The first-order chi connectivity index (χ1) is 12.9. The maximum Gasteiger partial charge on any atom is 0.190 e. The van der Waals surface area contributed by atoms with Crippen molar-refractivity contribution in [2.75, 3.05) is 39.8 Å². The van der Waals surface area contributed by atoms with Crippen LogP contribution in [-0.2, 0) is 6.54 Å². The molecule has 0 saturated carbocycles. The molecule has 1 aromatic heterocycles. The van der Waals surface area contributed by atoms with Gasteiger partial charge in [-0.05, 0) is 69.3 Å². The van der Waals surface area contributed by atoms with Gasteiger partial charge in [0.1, 0.15) is 0 Å². The quantitative estimate of drug-likeness (QED) is 0.413. The zero-order chi connectivity index (χ0) is 18.0. The van der Waals surface area contributed by atoms with Crippen LogP contribution in [0, 0.1) is 0 Å². The first-order valence-corrected chi connectivity index (χ1v) is 10.1. The molecule has 1 fully saturated rings. The van der Waals surface area contributed by atoms with Crippen LogP contribution in [0.5, 0.6) is 0 Å². The van der Waals surface area contributed by atoms with Crippen molar-refractivity contribution in [3.05, 3.63) is 36.5 Å². The number of unbranched alkanes of at least 4 members (excludes halogenated alkanes) is 1. The van der Waals surface area contributed by atoms with Crippen molar-refractivity contribution in [2.24, 2.45) is 4.99 Å². The molecule has 0 radical (unpaired) electrons. The summed E-state index contributed by atoms with van der Waals surface area (Å²) >= 11 is 0. The Morgan fingerprint density at radius 1 is 0.962 bits per heavy atom. The monoisotopic (exact) mass is 355 g/mol. The number of fused-ring (bicyclic) bond motifs is 1. The van der Waals surface area contributed by atoms with E-state index in [1.54, 1.807) is 0 Å². The molecular formula is C21H33N5. The molecule has 1 aliphatic rings. The normalized spacial score (nSPS) is 15.7. The van der Waals surface area contributed by atoms with Gasteiger partial charge in [-0.25, -0.2) is 0 Å². The molecule has 26 heavy (non-hydrogen) atoms. The number of hydrogen-bond donors (Lipinski definition) is 2. The van der Waals surface area contributed by atoms with Crippen molar-refractivity contribution in [2.45, 2.75) is 38.6 Å². The molecule has 1 aromatic carbocycles. The van der Waals surface area contributed by atoms with Gasteiger partial charge in [0.15, 0.2) is 5.96 Å². The summed E-state index contributed by atoms with van der Waals surface area (Å²) < 4.78 is 2.32. The van der Waals surface area contributed by atoms with Crippen LogP contribution in [0.25, 0.3) is 10.9 Å². The lowest BCUT2D eigenvalue weighted by Crippen LogP contribution is -2.38. The molecule has 2 heterocycles. The molecule has 2 N–H and O–H groups in total. The third-order valence-electron chi connectivity index (χ3n) is 5.16. The van der Waals surface area contributed by atoms with Crippen molar-refractivity contribution in [3.63, 3.8) is 0 Å². The molecule has 5 nitrogen and oxygen atoms in total. The van der Waals surface area contributed by atoms with Crippen LogP contribution in [0.1, 0.15) is 32.1 Å². The number of aliphatic imine (C=N–C) groups is 1. The van der Waals surface area contributed by atoms with Crippen LogP contribution < -0.4 is 10.6 Å². The number of benzene rings is 1. The van der Waals surface area contributed by atoms with Gasteiger partial charge in [0, 0.05) is 38.4 Å². The van der Waals surface area contributed by atoms with E-state index in [1.807, 2.05) is 7.05 Å². The lowest BCUT2D eigenvalue weighted by molar-refractivity contribution is 0.330. The lowest BCUT2D eigenvalue weighted by Gasteiger charge is -2.15. The van der Waals surface area contributed by atoms with Gasteiger partial charge in [0.05, 0.1) is 0 Å². The number of likely N-dealkylation sites (tertiary alicyclic amines) is 1. The van der Waals surface area contributed by atoms with Crippen molar-refractivity contribution < 1.29 is 0 Å². The summed E-state index contributed by atoms with van der Waals surface area (Å²) in [7, 11) is 1.85. The minimum absolute atomic E-state index is 0.920. The second-order valence-corrected chi connectivity index (χ2v) is 7.10. The van der Waals surface area contributed by atoms with E-state index < -0.39 is 0 Å². The number of guanidine groups is 1. The number of nitrogens with zero attached hydrogens (tertiary/aromatic N) is 3. The average molecular weight is 356 g/mol. The van der Waals surface area contributed by atoms with E-state index in [9.17, 15) is 0 Å². The molecule has 5 heteroatoms. The molecule has 0 amide bonds. The summed E-state index contributed by atoms with van der Waals surface area (Å²) in [6.45, 7) is 6.79. The highest BCUT2D eigenvalue weighted by Crippen LogP contribution is 2.15. The Bertz CT molecular complexity index is 685. The molecule has 3 rings (SSSR count). The Hall–Kier alpha value is -2.01. The fourth-order valence-electron chi connectivity index (χ4n) is 3.69. The van der Waals surface area contributed by atoms with Gasteiger partial charge in [-0.3, -0.25) is 4.99 Å². The maximum atomic E-state index is 4.32. The largest absolute Gasteiger partial charge is 0.356 e. The second kappa shape index (κ2) is 10.2. The van der Waals surface area contributed by atoms with E-state index in [4.69, 9.17) is 0 Å². The molecule has 142 valence electrons. The van der Waals surface area contributed by atoms with Gasteiger partial charge >= 0.3 is 0 Å². The number of aromatic nitrogens is 1. The zero-order valence-electron chi connectivity index (χ0n) is 16.1. The fourth-order valence-corrected chi connectivity index (χ4v) is 3.69. The predicted octanol–water partition coefficient (Wildman–Crippen LogP) is 3.07. The van der Waals surface area contributed by atoms with E-state index in [-0.39, 0.29) is 0 Å². The average Bonchev–Trinajstić information content (AvgIpc) is 3.33. The third-order valence-corrected chi connectivity index (χ3v) is 5.16. The molecule has 1 aliphatic heterocycles. The third kappa shape index (κ3) is 5.49. The van der Waals surface area contributed by atoms with E-state index in [1.165, 1.54) is 56.2 Å². The van der Waals surface area contributed by atoms with Crippen LogP contribution in [0.3, 0.4) is 0 Å². The molecule has 0 bridgehead atoms. The summed E-state index contributed by atoms with van der Waals surface area (Å²) in [5.74, 6) is 0.920. The fraction of sp³-hybridized carbons (Fsp3) is 0.571. The Morgan fingerprint density at radius 2 is 1.73 bits per heavy atom. The molecule has 2 aromatic rings. The predicted molar refractivity (Wildman–Crippen MR) is 111 cm³/mol. The van der Waals surface area contributed by atoms with Gasteiger partial charge in [0.25, 0.3) is 0 Å². The minimum Gasteiger partial charge on any atom is -0.356 e. The highest BCUT2D eigenvalue weighted by atomic mass is 15.2. The van der Waals surface area contributed by atoms with Gasteiger partial charge in [-0.15, -0.1) is 0 Å². The smallest absolute Gasteiger partial charge is 0.190 e. The van der Waals surface area contributed by atoms with Crippen molar-refractivity contribution in [1.82, 2.24) is 20.1 Å². The molecule has 0 unspecified atom stereocenters. The number of para-hydroxylation sites is 1. The van der Waals surface area contributed by atoms with Gasteiger partial charge in [-0.2, -0.15) is 0 Å². The number of nitrogens with one attached hydrogen (secondary N) is 2. The van der Waals surface area contributed by atoms with Crippen LogP contribution in [0.15, 0.2) is 41.5 Å². The Balaban J connectivity index is 1.28. The first kappa shape index (κ1) is 18.8. The van der Waals surface area contributed by atoms with E-state index in [0.29, 0.717) is 0 Å². The summed E-state index contributed by atoms with van der Waals surface area (Å²) in [6.07, 6.45) is 8.49. The Labute approximate surface area is 157 Å². The number of aryl methyl sites for hydroxylation is 1. The maximum absolute atomic E-state index is 4.32. The van der Waals surface area contributed by atoms with Gasteiger partial charge in [0.2, 0.25) is 0 Å². The summed E-state index contributed by atoms with van der Waals surface area (Å²) in [5, 5.41) is 8.17. The number of hydrogen-bond acceptors (Lipinski definition) is 2. The summed E-state index contributed by atoms with van der Waals surface area (Å²) in [4.78, 5) is 6.91. The van der Waals surface area contributed by atoms with Crippen molar-refractivity contribution in [1.29, 1.82) is 0 Å². The van der Waals surface area contributed by atoms with E-state index in [0.717, 1.165) is 32.0 Å². The molecular weight excluding hydrogens is 322 g/mol. The van der Waals surface area contributed by atoms with Crippen molar-refractivity contribution in [3.8, 4) is 0 Å². The molecule has 0 spiro atoms.